The Kier molecular flexibility index (Phi) is 6.76. The van der Waals surface area contributed by atoms with Crippen molar-refractivity contribution in [2.75, 3.05) is 0 Å². The zero-order chi connectivity index (χ0) is 40.6. The molecule has 9 aromatic carbocycles. The van der Waals surface area contributed by atoms with E-state index in [9.17, 15) is 29.7 Å². The molecule has 0 aliphatic heterocycles. The third kappa shape index (κ3) is 4.71. The summed E-state index contributed by atoms with van der Waals surface area (Å²) in [6.07, 6.45) is 0. The molecule has 12 aromatic rings. The molecule has 12 rings (SSSR count). The summed E-state index contributed by atoms with van der Waals surface area (Å²) in [5.74, 6) is -0.244. The summed E-state index contributed by atoms with van der Waals surface area (Å²) in [7, 11) is 0. The van der Waals surface area contributed by atoms with E-state index in [1.54, 1.807) is 24.3 Å². The summed E-state index contributed by atoms with van der Waals surface area (Å²) in [4.78, 5) is 42.9. The number of benzene rings is 9. The predicted octanol–water partition coefficient (Wildman–Crippen LogP) is 11.4. The van der Waals surface area contributed by atoms with Crippen molar-refractivity contribution in [3.05, 3.63) is 170 Å². The largest absolute Gasteiger partial charge is 0.508 e. The van der Waals surface area contributed by atoms with Gasteiger partial charge in [-0.05, 0) is 116 Å². The number of fused-ring (bicyclic) bond motifs is 12. The minimum Gasteiger partial charge on any atom is -0.508 e. The predicted molar refractivity (Wildman–Crippen MR) is 235 cm³/mol. The molecule has 0 saturated carbocycles. The molecule has 0 atom stereocenters. The average Bonchev–Trinajstić information content (AvgIpc) is 3.26. The van der Waals surface area contributed by atoms with Crippen molar-refractivity contribution < 1.29 is 28.6 Å². The van der Waals surface area contributed by atoms with Gasteiger partial charge in [0.25, 0.3) is 0 Å². The molecule has 3 heterocycles. The summed E-state index contributed by atoms with van der Waals surface area (Å²) in [6.45, 7) is 0. The Morgan fingerprint density at radius 2 is 0.917 bits per heavy atom. The number of hydrogen-bond acceptors (Lipinski definition) is 9. The second kappa shape index (κ2) is 12.0. The van der Waals surface area contributed by atoms with Gasteiger partial charge in [0.1, 0.15) is 39.4 Å². The van der Waals surface area contributed by atoms with Crippen LogP contribution in [0.3, 0.4) is 0 Å². The smallest absolute Gasteiger partial charge is 0.201 e. The highest BCUT2D eigenvalue weighted by molar-refractivity contribution is 6.18. The zero-order valence-corrected chi connectivity index (χ0v) is 31.1. The van der Waals surface area contributed by atoms with Gasteiger partial charge in [-0.3, -0.25) is 14.4 Å². The van der Waals surface area contributed by atoms with Crippen LogP contribution in [0.2, 0.25) is 0 Å². The van der Waals surface area contributed by atoms with Crippen LogP contribution in [-0.4, -0.2) is 15.3 Å². The van der Waals surface area contributed by atoms with Crippen molar-refractivity contribution in [1.29, 1.82) is 0 Å². The molecule has 284 valence electrons. The third-order valence-corrected chi connectivity index (χ3v) is 11.7. The molecule has 60 heavy (non-hydrogen) atoms. The van der Waals surface area contributed by atoms with Crippen LogP contribution < -0.4 is 16.3 Å². The van der Waals surface area contributed by atoms with E-state index < -0.39 is 0 Å². The maximum absolute atomic E-state index is 14.7. The van der Waals surface area contributed by atoms with Gasteiger partial charge in [0.15, 0.2) is 11.3 Å². The third-order valence-electron chi connectivity index (χ3n) is 11.7. The van der Waals surface area contributed by atoms with Gasteiger partial charge in [-0.25, -0.2) is 0 Å². The SMILES string of the molecule is O=c1c2cccc(O)c2oc2ccc3ccc(-c4cc5ccc(-c6cc7ccccc7c7c(=O)c8cc(O)ccc8oc67)cc5c5c(=O)c6ccc(O)cc6oc45)cc3c12. The molecular formula is C51H26O9. The molecule has 9 heteroatoms. The molecular weight excluding hydrogens is 757 g/mol. The summed E-state index contributed by atoms with van der Waals surface area (Å²) >= 11 is 0. The molecule has 0 aliphatic carbocycles. The van der Waals surface area contributed by atoms with Crippen molar-refractivity contribution in [3.63, 3.8) is 0 Å². The van der Waals surface area contributed by atoms with Gasteiger partial charge in [0.05, 0.1) is 32.3 Å². The molecule has 0 amide bonds. The second-order valence-electron chi connectivity index (χ2n) is 15.1. The molecule has 0 fully saturated rings. The maximum atomic E-state index is 14.7. The average molecular weight is 783 g/mol. The van der Waals surface area contributed by atoms with Crippen LogP contribution in [-0.2, 0) is 0 Å². The van der Waals surface area contributed by atoms with Gasteiger partial charge in [-0.2, -0.15) is 0 Å². The first kappa shape index (κ1) is 33.7. The molecule has 3 aromatic heterocycles. The topological polar surface area (TPSA) is 151 Å². The molecule has 9 nitrogen and oxygen atoms in total. The lowest BCUT2D eigenvalue weighted by Crippen LogP contribution is -2.05. The highest BCUT2D eigenvalue weighted by atomic mass is 16.4. The summed E-state index contributed by atoms with van der Waals surface area (Å²) < 4.78 is 19.2. The number of para-hydroxylation sites is 1. The van der Waals surface area contributed by atoms with Crippen molar-refractivity contribution in [1.82, 2.24) is 0 Å². The molecule has 0 saturated heterocycles. The molecule has 0 bridgehead atoms. The Bertz CT molecular complexity index is 4120. The first-order valence-electron chi connectivity index (χ1n) is 19.1. The van der Waals surface area contributed by atoms with Crippen LogP contribution in [0.15, 0.2) is 167 Å². The van der Waals surface area contributed by atoms with Crippen LogP contribution in [0.25, 0.3) is 120 Å². The quantitative estimate of drug-likeness (QED) is 0.115. The standard InChI is InChI=1S/C51H26O9/c52-29-14-17-40-38(22-29)48(57)44-31-5-2-1-4-25(31)20-36(50(44)58-40)28-11-10-26-21-37(51-45(35(26)19-28)46(55)32-15-13-30(53)23-42(32)60-51)27-9-8-24-12-16-41-43(34(24)18-27)47(56)33-6-3-7-39(54)49(33)59-41/h1-23,52-54H. The lowest BCUT2D eigenvalue weighted by atomic mass is 9.91. The molecule has 0 aliphatic rings. The second-order valence-corrected chi connectivity index (χ2v) is 15.1. The van der Waals surface area contributed by atoms with Gasteiger partial charge in [-0.15, -0.1) is 0 Å². The highest BCUT2D eigenvalue weighted by Crippen LogP contribution is 2.42. The van der Waals surface area contributed by atoms with E-state index in [0.29, 0.717) is 71.3 Å². The van der Waals surface area contributed by atoms with Gasteiger partial charge >= 0.3 is 0 Å². The fourth-order valence-corrected chi connectivity index (χ4v) is 8.86. The van der Waals surface area contributed by atoms with E-state index in [1.165, 1.54) is 36.4 Å². The monoisotopic (exact) mass is 782 g/mol. The Morgan fingerprint density at radius 3 is 1.72 bits per heavy atom. The summed E-state index contributed by atoms with van der Waals surface area (Å²) in [5, 5.41) is 37.2. The summed E-state index contributed by atoms with van der Waals surface area (Å²) in [6, 6.07) is 39.9. The Morgan fingerprint density at radius 1 is 0.350 bits per heavy atom. The molecule has 3 N–H and O–H groups in total. The van der Waals surface area contributed by atoms with Crippen LogP contribution in [0.1, 0.15) is 0 Å². The van der Waals surface area contributed by atoms with Crippen LogP contribution in [0.5, 0.6) is 17.2 Å². The Balaban J connectivity index is 1.17. The minimum atomic E-state index is -0.311. The summed E-state index contributed by atoms with van der Waals surface area (Å²) in [5.41, 5.74) is 3.22. The maximum Gasteiger partial charge on any atom is 0.201 e. The van der Waals surface area contributed by atoms with E-state index in [1.807, 2.05) is 78.9 Å². The zero-order valence-electron chi connectivity index (χ0n) is 31.1. The van der Waals surface area contributed by atoms with Gasteiger partial charge < -0.3 is 28.6 Å². The number of hydrogen-bond donors (Lipinski definition) is 3. The fourth-order valence-electron chi connectivity index (χ4n) is 8.86. The van der Waals surface area contributed by atoms with Crippen molar-refractivity contribution in [3.8, 4) is 39.5 Å². The number of rotatable bonds is 2. The van der Waals surface area contributed by atoms with Gasteiger partial charge in [-0.1, -0.05) is 60.7 Å². The van der Waals surface area contributed by atoms with Crippen LogP contribution >= 0.6 is 0 Å². The number of aromatic hydroxyl groups is 3. The Hall–Kier alpha value is -8.43. The van der Waals surface area contributed by atoms with Crippen molar-refractivity contribution in [2.45, 2.75) is 0 Å². The highest BCUT2D eigenvalue weighted by Gasteiger charge is 2.22. The molecule has 0 spiro atoms. The van der Waals surface area contributed by atoms with E-state index in [4.69, 9.17) is 13.3 Å². The van der Waals surface area contributed by atoms with E-state index in [0.717, 1.165) is 16.2 Å². The lowest BCUT2D eigenvalue weighted by Gasteiger charge is -2.15. The van der Waals surface area contributed by atoms with E-state index in [-0.39, 0.29) is 66.4 Å². The fraction of sp³-hybridized carbons (Fsp3) is 0. The van der Waals surface area contributed by atoms with E-state index in [2.05, 4.69) is 0 Å². The van der Waals surface area contributed by atoms with Crippen molar-refractivity contribution in [2.24, 2.45) is 0 Å². The normalized spacial score (nSPS) is 12.1. The molecule has 0 unspecified atom stereocenters. The van der Waals surface area contributed by atoms with Crippen LogP contribution in [0.4, 0.5) is 0 Å². The first-order valence-corrected chi connectivity index (χ1v) is 19.1. The van der Waals surface area contributed by atoms with Gasteiger partial charge in [0, 0.05) is 17.2 Å². The van der Waals surface area contributed by atoms with Crippen LogP contribution in [0, 0.1) is 0 Å². The minimum absolute atomic E-state index is 0.0468. The van der Waals surface area contributed by atoms with E-state index >= 15 is 0 Å². The lowest BCUT2D eigenvalue weighted by molar-refractivity contribution is 0.467. The number of phenolic OH excluding ortho intramolecular Hbond substituents is 3. The molecule has 0 radical (unpaired) electrons. The number of phenols is 3. The van der Waals surface area contributed by atoms with Gasteiger partial charge in [0.2, 0.25) is 16.3 Å². The Labute approximate surface area is 335 Å². The van der Waals surface area contributed by atoms with Crippen molar-refractivity contribution >= 4 is 98.1 Å². The first-order chi connectivity index (χ1) is 29.2.